The molecule has 2 aromatic rings. The predicted octanol–water partition coefficient (Wildman–Crippen LogP) is 2.60. The molecule has 0 bridgehead atoms. The second-order valence-electron chi connectivity index (χ2n) is 5.38. The van der Waals surface area contributed by atoms with Gasteiger partial charge in [0.2, 0.25) is 0 Å². The molecule has 0 aliphatic carbocycles. The number of benzene rings is 1. The summed E-state index contributed by atoms with van der Waals surface area (Å²) >= 11 is 0. The van der Waals surface area contributed by atoms with E-state index in [-0.39, 0.29) is 10.9 Å². The topological polar surface area (TPSA) is 57.8 Å². The Labute approximate surface area is 116 Å². The molecule has 0 saturated heterocycles. The molecule has 0 fully saturated rings. The molecule has 2 unspecified atom stereocenters. The molecule has 2 rings (SSSR count). The Bertz CT molecular complexity index is 532. The highest BCUT2D eigenvalue weighted by atomic mass is 32.2. The number of aromatic nitrogens is 2. The van der Waals surface area contributed by atoms with E-state index < -0.39 is 10.8 Å². The van der Waals surface area contributed by atoms with E-state index in [1.54, 1.807) is 12.4 Å². The minimum absolute atomic E-state index is 0.136. The van der Waals surface area contributed by atoms with Crippen LogP contribution in [0.4, 0.5) is 0 Å². The van der Waals surface area contributed by atoms with Crippen molar-refractivity contribution in [2.24, 2.45) is 0 Å². The van der Waals surface area contributed by atoms with Gasteiger partial charge in [0.15, 0.2) is 5.16 Å². The lowest BCUT2D eigenvalue weighted by molar-refractivity contribution is 0.413. The summed E-state index contributed by atoms with van der Waals surface area (Å²) in [5.41, 5.74) is 0.857. The maximum Gasteiger partial charge on any atom is 0.198 e. The zero-order valence-electron chi connectivity index (χ0n) is 11.4. The van der Waals surface area contributed by atoms with Gasteiger partial charge in [-0.05, 0) is 26.3 Å². The Balaban J connectivity index is 2.32. The molecule has 1 heterocycles. The van der Waals surface area contributed by atoms with Gasteiger partial charge in [-0.3, -0.25) is 5.32 Å². The van der Waals surface area contributed by atoms with Gasteiger partial charge in [0.25, 0.3) is 0 Å². The highest BCUT2D eigenvalue weighted by Crippen LogP contribution is 2.23. The summed E-state index contributed by atoms with van der Waals surface area (Å²) < 4.78 is 12.6. The Morgan fingerprint density at radius 1 is 1.26 bits per heavy atom. The number of nitrogens with one attached hydrogen (secondary N) is 2. The quantitative estimate of drug-likeness (QED) is 0.903. The molecule has 2 atom stereocenters. The Kier molecular flexibility index (Phi) is 4.17. The fraction of sp³-hybridized carbons (Fsp3) is 0.357. The molecule has 0 aliphatic rings. The van der Waals surface area contributed by atoms with Crippen molar-refractivity contribution in [2.45, 2.75) is 36.8 Å². The number of H-pyrrole nitrogens is 1. The van der Waals surface area contributed by atoms with E-state index in [4.69, 9.17) is 0 Å². The molecule has 5 heteroatoms. The molecule has 4 nitrogen and oxygen atoms in total. The largest absolute Gasteiger partial charge is 0.338 e. The first-order valence-electron chi connectivity index (χ1n) is 6.20. The first-order chi connectivity index (χ1) is 8.97. The van der Waals surface area contributed by atoms with Crippen molar-refractivity contribution in [2.75, 3.05) is 0 Å². The second kappa shape index (κ2) is 5.67. The normalized spacial score (nSPS) is 15.1. The summed E-state index contributed by atoms with van der Waals surface area (Å²) in [5, 5.41) is 3.61. The number of hydrogen-bond acceptors (Lipinski definition) is 3. The van der Waals surface area contributed by atoms with Crippen LogP contribution in [0.3, 0.4) is 0 Å². The van der Waals surface area contributed by atoms with Gasteiger partial charge in [-0.25, -0.2) is 9.19 Å². The van der Waals surface area contributed by atoms with Crippen molar-refractivity contribution in [1.82, 2.24) is 15.3 Å². The molecule has 102 valence electrons. The monoisotopic (exact) mass is 277 g/mol. The molecule has 0 amide bonds. The van der Waals surface area contributed by atoms with Crippen molar-refractivity contribution in [3.8, 4) is 0 Å². The van der Waals surface area contributed by atoms with Crippen LogP contribution in [-0.4, -0.2) is 19.7 Å². The zero-order valence-corrected chi connectivity index (χ0v) is 12.2. The summed E-state index contributed by atoms with van der Waals surface area (Å²) in [6.07, 6.45) is 3.30. The Morgan fingerprint density at radius 3 is 2.47 bits per heavy atom. The minimum Gasteiger partial charge on any atom is -0.338 e. The highest BCUT2D eigenvalue weighted by molar-refractivity contribution is 7.85. The third-order valence-corrected chi connectivity index (χ3v) is 3.97. The third-order valence-electron chi connectivity index (χ3n) is 2.54. The van der Waals surface area contributed by atoms with Gasteiger partial charge >= 0.3 is 0 Å². The molecule has 1 aromatic carbocycles. The summed E-state index contributed by atoms with van der Waals surface area (Å²) in [6, 6.07) is 9.81. The number of hydrogen-bond donors (Lipinski definition) is 2. The Hall–Kier alpha value is -1.46. The maximum atomic E-state index is 12.6. The van der Waals surface area contributed by atoms with Crippen LogP contribution in [0.2, 0.25) is 0 Å². The van der Waals surface area contributed by atoms with Gasteiger partial charge < -0.3 is 4.98 Å². The van der Waals surface area contributed by atoms with Gasteiger partial charge in [-0.1, -0.05) is 30.3 Å². The molecule has 0 radical (unpaired) electrons. The van der Waals surface area contributed by atoms with Crippen LogP contribution >= 0.6 is 0 Å². The molecular weight excluding hydrogens is 258 g/mol. The zero-order chi connectivity index (χ0) is 13.9. The highest BCUT2D eigenvalue weighted by Gasteiger charge is 2.26. The molecule has 19 heavy (non-hydrogen) atoms. The SMILES string of the molecule is CC(C)(C)NC(c1ccccc1)S(=O)c1ncc[nH]1. The average molecular weight is 277 g/mol. The van der Waals surface area contributed by atoms with E-state index in [0.29, 0.717) is 5.16 Å². The minimum atomic E-state index is -1.27. The first-order valence-corrected chi connectivity index (χ1v) is 7.41. The van der Waals surface area contributed by atoms with Gasteiger partial charge in [0.05, 0.1) is 0 Å². The fourth-order valence-corrected chi connectivity index (χ4v) is 3.19. The molecule has 0 spiro atoms. The van der Waals surface area contributed by atoms with Crippen molar-refractivity contribution < 1.29 is 4.21 Å². The average Bonchev–Trinajstić information content (AvgIpc) is 2.89. The van der Waals surface area contributed by atoms with E-state index in [2.05, 4.69) is 36.1 Å². The van der Waals surface area contributed by atoms with Crippen LogP contribution < -0.4 is 5.32 Å². The van der Waals surface area contributed by atoms with Crippen LogP contribution in [-0.2, 0) is 10.8 Å². The number of nitrogens with zero attached hydrogens (tertiary/aromatic N) is 1. The van der Waals surface area contributed by atoms with Crippen molar-refractivity contribution in [3.63, 3.8) is 0 Å². The molecule has 0 saturated carbocycles. The van der Waals surface area contributed by atoms with E-state index >= 15 is 0 Å². The van der Waals surface area contributed by atoms with Crippen molar-refractivity contribution in [3.05, 3.63) is 48.3 Å². The summed E-state index contributed by atoms with van der Waals surface area (Å²) in [4.78, 5) is 7.02. The van der Waals surface area contributed by atoms with E-state index in [0.717, 1.165) is 5.56 Å². The second-order valence-corrected chi connectivity index (χ2v) is 6.83. The predicted molar refractivity (Wildman–Crippen MR) is 77.1 cm³/mol. The molecular formula is C14H19N3OS. The number of aromatic amines is 1. The van der Waals surface area contributed by atoms with Crippen LogP contribution in [0.1, 0.15) is 31.7 Å². The van der Waals surface area contributed by atoms with Crippen molar-refractivity contribution >= 4 is 10.8 Å². The van der Waals surface area contributed by atoms with Gasteiger partial charge in [0.1, 0.15) is 16.2 Å². The third kappa shape index (κ3) is 3.75. The van der Waals surface area contributed by atoms with Crippen LogP contribution in [0.25, 0.3) is 0 Å². The maximum absolute atomic E-state index is 12.6. The molecule has 0 aliphatic heterocycles. The Morgan fingerprint density at radius 2 is 1.95 bits per heavy atom. The van der Waals surface area contributed by atoms with Crippen LogP contribution in [0.5, 0.6) is 0 Å². The summed E-state index contributed by atoms with van der Waals surface area (Å²) in [6.45, 7) is 6.17. The summed E-state index contributed by atoms with van der Waals surface area (Å²) in [7, 11) is -1.27. The lowest BCUT2D eigenvalue weighted by Gasteiger charge is -2.27. The van der Waals surface area contributed by atoms with Gasteiger partial charge in [0, 0.05) is 17.9 Å². The standard InChI is InChI=1S/C14H19N3OS/c1-14(2,3)17-12(11-7-5-4-6-8-11)19(18)13-15-9-10-16-13/h4-10,12,17H,1-3H3,(H,15,16). The lowest BCUT2D eigenvalue weighted by Crippen LogP contribution is -2.40. The smallest absolute Gasteiger partial charge is 0.198 e. The molecule has 2 N–H and O–H groups in total. The van der Waals surface area contributed by atoms with E-state index in [1.165, 1.54) is 0 Å². The lowest BCUT2D eigenvalue weighted by atomic mass is 10.1. The summed E-state index contributed by atoms with van der Waals surface area (Å²) in [5.74, 6) is 0. The van der Waals surface area contributed by atoms with Crippen LogP contribution in [0, 0.1) is 0 Å². The fourth-order valence-electron chi connectivity index (χ4n) is 1.75. The number of imidazole rings is 1. The molecule has 1 aromatic heterocycles. The number of rotatable bonds is 4. The van der Waals surface area contributed by atoms with Gasteiger partial charge in [-0.15, -0.1) is 0 Å². The first kappa shape index (κ1) is 14.0. The van der Waals surface area contributed by atoms with E-state index in [1.807, 2.05) is 30.3 Å². The van der Waals surface area contributed by atoms with E-state index in [9.17, 15) is 4.21 Å². The van der Waals surface area contributed by atoms with Gasteiger partial charge in [-0.2, -0.15) is 0 Å². The van der Waals surface area contributed by atoms with Crippen LogP contribution in [0.15, 0.2) is 47.9 Å². The van der Waals surface area contributed by atoms with Crippen molar-refractivity contribution in [1.29, 1.82) is 0 Å².